The largest absolute Gasteiger partial charge is 0.312 e. The second kappa shape index (κ2) is 6.20. The minimum Gasteiger partial charge on any atom is -0.312 e. The van der Waals surface area contributed by atoms with Gasteiger partial charge in [-0.1, -0.05) is 29.0 Å². The molecule has 5 heteroatoms. The fraction of sp³-hybridized carbons (Fsp3) is 0.467. The number of rotatable bonds is 4. The van der Waals surface area contributed by atoms with Crippen LogP contribution in [0.1, 0.15) is 31.3 Å². The Balaban J connectivity index is 2.05. The van der Waals surface area contributed by atoms with Crippen molar-refractivity contribution >= 4 is 22.9 Å². The van der Waals surface area contributed by atoms with Crippen LogP contribution in [0.5, 0.6) is 0 Å². The van der Waals surface area contributed by atoms with Crippen LogP contribution < -0.4 is 5.32 Å². The van der Waals surface area contributed by atoms with Gasteiger partial charge in [-0.05, 0) is 45.4 Å². The van der Waals surface area contributed by atoms with Gasteiger partial charge in [-0.2, -0.15) is 0 Å². The first-order valence-corrected chi connectivity index (χ1v) is 7.88. The van der Waals surface area contributed by atoms with E-state index in [1.54, 1.807) is 11.3 Å². The van der Waals surface area contributed by atoms with Crippen LogP contribution in [0.3, 0.4) is 0 Å². The number of aryl methyl sites for hydroxylation is 1. The maximum Gasteiger partial charge on any atom is 0.148 e. The lowest BCUT2D eigenvalue weighted by Crippen LogP contribution is -2.37. The van der Waals surface area contributed by atoms with Gasteiger partial charge in [0.1, 0.15) is 10.0 Å². The smallest absolute Gasteiger partial charge is 0.148 e. The summed E-state index contributed by atoms with van der Waals surface area (Å²) in [6, 6.07) is 5.86. The molecule has 2 aromatic rings. The average molecular weight is 310 g/mol. The Hall–Kier alpha value is -0.970. The molecule has 0 aliphatic heterocycles. The first kappa shape index (κ1) is 15.4. The van der Waals surface area contributed by atoms with Gasteiger partial charge in [0.15, 0.2) is 0 Å². The molecule has 0 saturated heterocycles. The molecule has 0 fully saturated rings. The molecule has 0 amide bonds. The van der Waals surface area contributed by atoms with Crippen molar-refractivity contribution < 1.29 is 0 Å². The number of nitrogens with one attached hydrogen (secondary N) is 1. The molecule has 0 bridgehead atoms. The van der Waals surface area contributed by atoms with Crippen LogP contribution in [0.2, 0.25) is 5.02 Å². The molecule has 2 rings (SSSR count). The molecule has 0 radical (unpaired) electrons. The monoisotopic (exact) mass is 309 g/mol. The van der Waals surface area contributed by atoms with Crippen molar-refractivity contribution in [1.82, 2.24) is 15.5 Å². The van der Waals surface area contributed by atoms with Gasteiger partial charge in [0.2, 0.25) is 0 Å². The van der Waals surface area contributed by atoms with E-state index < -0.39 is 0 Å². The van der Waals surface area contributed by atoms with Crippen LogP contribution in [0, 0.1) is 6.92 Å². The molecule has 0 unspecified atom stereocenters. The average Bonchev–Trinajstić information content (AvgIpc) is 2.75. The Bertz CT molecular complexity index is 587. The first-order valence-electron chi connectivity index (χ1n) is 6.69. The lowest BCUT2D eigenvalue weighted by molar-refractivity contribution is 0.429. The number of hydrogen-bond acceptors (Lipinski definition) is 4. The number of hydrogen-bond donors (Lipinski definition) is 1. The van der Waals surface area contributed by atoms with E-state index in [2.05, 4.69) is 36.3 Å². The van der Waals surface area contributed by atoms with Gasteiger partial charge in [0, 0.05) is 29.1 Å². The molecule has 1 N–H and O–H groups in total. The predicted molar refractivity (Wildman–Crippen MR) is 86.6 cm³/mol. The normalized spacial score (nSPS) is 11.8. The summed E-state index contributed by atoms with van der Waals surface area (Å²) in [5.74, 6) is 0. The minimum atomic E-state index is 0.139. The zero-order valence-electron chi connectivity index (χ0n) is 12.3. The van der Waals surface area contributed by atoms with E-state index in [1.807, 2.05) is 25.1 Å². The Morgan fingerprint density at radius 3 is 2.65 bits per heavy atom. The molecule has 1 aromatic carbocycles. The van der Waals surface area contributed by atoms with E-state index >= 15 is 0 Å². The van der Waals surface area contributed by atoms with Gasteiger partial charge in [-0.3, -0.25) is 0 Å². The number of halogens is 1. The molecule has 3 nitrogen and oxygen atoms in total. The van der Waals surface area contributed by atoms with E-state index in [1.165, 1.54) is 0 Å². The van der Waals surface area contributed by atoms with Gasteiger partial charge in [0.05, 0.1) is 0 Å². The van der Waals surface area contributed by atoms with Crippen molar-refractivity contribution in [1.29, 1.82) is 0 Å². The summed E-state index contributed by atoms with van der Waals surface area (Å²) in [6.07, 6.45) is 0.904. The third-order valence-corrected chi connectivity index (χ3v) is 4.13. The van der Waals surface area contributed by atoms with Crippen LogP contribution in [0.25, 0.3) is 10.6 Å². The first-order chi connectivity index (χ1) is 9.35. The molecule has 0 atom stereocenters. The van der Waals surface area contributed by atoms with E-state index in [4.69, 9.17) is 11.6 Å². The fourth-order valence-corrected chi connectivity index (χ4v) is 3.03. The van der Waals surface area contributed by atoms with Crippen molar-refractivity contribution in [2.24, 2.45) is 0 Å². The van der Waals surface area contributed by atoms with E-state index in [-0.39, 0.29) is 5.54 Å². The highest BCUT2D eigenvalue weighted by atomic mass is 35.5. The van der Waals surface area contributed by atoms with Crippen LogP contribution in [-0.4, -0.2) is 22.3 Å². The second-order valence-electron chi connectivity index (χ2n) is 5.89. The Morgan fingerprint density at radius 2 is 2.00 bits per heavy atom. The summed E-state index contributed by atoms with van der Waals surface area (Å²) in [4.78, 5) is 0. The molecule has 0 aliphatic carbocycles. The van der Waals surface area contributed by atoms with E-state index in [0.717, 1.165) is 39.1 Å². The van der Waals surface area contributed by atoms with Crippen molar-refractivity contribution in [3.63, 3.8) is 0 Å². The summed E-state index contributed by atoms with van der Waals surface area (Å²) in [6.45, 7) is 9.45. The van der Waals surface area contributed by atoms with Gasteiger partial charge < -0.3 is 5.32 Å². The zero-order chi connectivity index (χ0) is 14.8. The number of aromatic nitrogens is 2. The van der Waals surface area contributed by atoms with Crippen molar-refractivity contribution in [2.45, 2.75) is 39.7 Å². The van der Waals surface area contributed by atoms with E-state index in [9.17, 15) is 0 Å². The summed E-state index contributed by atoms with van der Waals surface area (Å²) >= 11 is 7.63. The molecule has 1 heterocycles. The maximum atomic E-state index is 5.98. The van der Waals surface area contributed by atoms with Crippen molar-refractivity contribution in [2.75, 3.05) is 6.54 Å². The van der Waals surface area contributed by atoms with Crippen LogP contribution in [-0.2, 0) is 6.42 Å². The Morgan fingerprint density at radius 1 is 1.25 bits per heavy atom. The standard InChI is InChI=1S/C15H20ClN3S/c1-10-9-11(16)5-6-12(10)14-19-18-13(20-14)7-8-17-15(2,3)4/h5-6,9,17H,7-8H2,1-4H3. The number of benzene rings is 1. The quantitative estimate of drug-likeness (QED) is 0.924. The Labute approximate surface area is 129 Å². The highest BCUT2D eigenvalue weighted by Crippen LogP contribution is 2.28. The number of nitrogens with zero attached hydrogens (tertiary/aromatic N) is 2. The highest BCUT2D eigenvalue weighted by Gasteiger charge is 2.11. The molecule has 0 saturated carbocycles. The van der Waals surface area contributed by atoms with Crippen LogP contribution in [0.4, 0.5) is 0 Å². The third kappa shape index (κ3) is 4.27. The molecule has 20 heavy (non-hydrogen) atoms. The van der Waals surface area contributed by atoms with Crippen LogP contribution >= 0.6 is 22.9 Å². The summed E-state index contributed by atoms with van der Waals surface area (Å²) < 4.78 is 0. The van der Waals surface area contributed by atoms with Crippen molar-refractivity contribution in [3.8, 4) is 10.6 Å². The van der Waals surface area contributed by atoms with Gasteiger partial charge in [0.25, 0.3) is 0 Å². The maximum absolute atomic E-state index is 5.98. The summed E-state index contributed by atoms with van der Waals surface area (Å²) in [7, 11) is 0. The molecular weight excluding hydrogens is 290 g/mol. The molecule has 108 valence electrons. The Kier molecular flexibility index (Phi) is 4.78. The SMILES string of the molecule is Cc1cc(Cl)ccc1-c1nnc(CCNC(C)(C)C)s1. The summed E-state index contributed by atoms with van der Waals surface area (Å²) in [5, 5.41) is 14.8. The third-order valence-electron chi connectivity index (χ3n) is 2.88. The second-order valence-corrected chi connectivity index (χ2v) is 7.39. The topological polar surface area (TPSA) is 37.8 Å². The van der Waals surface area contributed by atoms with Gasteiger partial charge in [-0.15, -0.1) is 10.2 Å². The lowest BCUT2D eigenvalue weighted by Gasteiger charge is -2.19. The van der Waals surface area contributed by atoms with Crippen LogP contribution in [0.15, 0.2) is 18.2 Å². The lowest BCUT2D eigenvalue weighted by atomic mass is 10.1. The summed E-state index contributed by atoms with van der Waals surface area (Å²) in [5.41, 5.74) is 2.38. The molecule has 1 aromatic heterocycles. The molecular formula is C15H20ClN3S. The zero-order valence-corrected chi connectivity index (χ0v) is 13.9. The fourth-order valence-electron chi connectivity index (χ4n) is 1.87. The molecule has 0 spiro atoms. The van der Waals surface area contributed by atoms with Gasteiger partial charge >= 0.3 is 0 Å². The minimum absolute atomic E-state index is 0.139. The predicted octanol–water partition coefficient (Wildman–Crippen LogP) is 4.10. The molecule has 0 aliphatic rings. The highest BCUT2D eigenvalue weighted by molar-refractivity contribution is 7.14. The van der Waals surface area contributed by atoms with Crippen molar-refractivity contribution in [3.05, 3.63) is 33.8 Å². The van der Waals surface area contributed by atoms with E-state index in [0.29, 0.717) is 0 Å². The van der Waals surface area contributed by atoms with Gasteiger partial charge in [-0.25, -0.2) is 0 Å².